The van der Waals surface area contributed by atoms with E-state index in [-0.39, 0.29) is 11.9 Å². The van der Waals surface area contributed by atoms with Gasteiger partial charge < -0.3 is 14.5 Å². The van der Waals surface area contributed by atoms with Crippen molar-refractivity contribution in [1.29, 1.82) is 0 Å². The standard InChI is InChI=1S/C20H23N3O5/c1-13-6-2-3-7-14(13)22-20(26)23-17(24)12-27-19(25)11-10-18-21-15-8-4-5-9-16(15)28-18/h4-5,8-11,13-14H,2-3,6-7,12H2,1H3,(H2,22,23,24,26)/b11-10+/t13-,14+/m1/s1. The lowest BCUT2D eigenvalue weighted by Crippen LogP contribution is -2.48. The number of amides is 3. The summed E-state index contributed by atoms with van der Waals surface area (Å²) in [5, 5.41) is 4.97. The number of hydrogen-bond donors (Lipinski definition) is 2. The number of hydrogen-bond acceptors (Lipinski definition) is 6. The molecule has 1 aromatic carbocycles. The first-order valence-corrected chi connectivity index (χ1v) is 9.32. The van der Waals surface area contributed by atoms with Gasteiger partial charge in [0.2, 0.25) is 5.89 Å². The Morgan fingerprint density at radius 3 is 2.82 bits per heavy atom. The van der Waals surface area contributed by atoms with Crippen LogP contribution in [0.5, 0.6) is 0 Å². The van der Waals surface area contributed by atoms with Crippen molar-refractivity contribution in [2.45, 2.75) is 38.6 Å². The number of urea groups is 1. The molecule has 0 spiro atoms. The van der Waals surface area contributed by atoms with Crippen LogP contribution in [0.1, 0.15) is 38.5 Å². The Morgan fingerprint density at radius 2 is 2.04 bits per heavy atom. The number of nitrogens with zero attached hydrogens (tertiary/aromatic N) is 1. The van der Waals surface area contributed by atoms with E-state index < -0.39 is 24.5 Å². The first kappa shape index (κ1) is 19.6. The number of benzene rings is 1. The van der Waals surface area contributed by atoms with E-state index in [0.29, 0.717) is 17.0 Å². The van der Waals surface area contributed by atoms with Gasteiger partial charge in [-0.25, -0.2) is 14.6 Å². The Labute approximate surface area is 162 Å². The maximum atomic E-state index is 11.9. The summed E-state index contributed by atoms with van der Waals surface area (Å²) in [5.74, 6) is -0.795. The highest BCUT2D eigenvalue weighted by Crippen LogP contribution is 2.23. The summed E-state index contributed by atoms with van der Waals surface area (Å²) in [6, 6.07) is 6.69. The minimum Gasteiger partial charge on any atom is -0.452 e. The normalized spacial score (nSPS) is 19.5. The van der Waals surface area contributed by atoms with Crippen LogP contribution in [0.3, 0.4) is 0 Å². The molecule has 1 fully saturated rings. The quantitative estimate of drug-likeness (QED) is 0.605. The molecule has 0 radical (unpaired) electrons. The van der Waals surface area contributed by atoms with Crippen molar-refractivity contribution in [3.63, 3.8) is 0 Å². The number of fused-ring (bicyclic) bond motifs is 1. The third kappa shape index (κ3) is 5.42. The van der Waals surface area contributed by atoms with Crippen LogP contribution in [0.2, 0.25) is 0 Å². The molecule has 1 saturated carbocycles. The number of esters is 1. The molecular weight excluding hydrogens is 362 g/mol. The summed E-state index contributed by atoms with van der Waals surface area (Å²) in [6.07, 6.45) is 6.65. The second-order valence-corrected chi connectivity index (χ2v) is 6.85. The van der Waals surface area contributed by atoms with E-state index in [1.54, 1.807) is 12.1 Å². The second kappa shape index (κ2) is 9.16. The molecule has 2 N–H and O–H groups in total. The third-order valence-electron chi connectivity index (χ3n) is 4.70. The molecule has 2 aromatic rings. The zero-order valence-electron chi connectivity index (χ0n) is 15.6. The van der Waals surface area contributed by atoms with E-state index in [1.807, 2.05) is 12.1 Å². The van der Waals surface area contributed by atoms with Gasteiger partial charge in [0.15, 0.2) is 12.2 Å². The SMILES string of the molecule is C[C@@H]1CCCC[C@@H]1NC(=O)NC(=O)COC(=O)/C=C/c1nc2ccccc2o1. The van der Waals surface area contributed by atoms with Crippen LogP contribution < -0.4 is 10.6 Å². The molecular formula is C20H23N3O5. The van der Waals surface area contributed by atoms with E-state index in [4.69, 9.17) is 9.15 Å². The Morgan fingerprint density at radius 1 is 1.25 bits per heavy atom. The van der Waals surface area contributed by atoms with Crippen LogP contribution in [0.15, 0.2) is 34.8 Å². The molecule has 0 unspecified atom stereocenters. The molecule has 1 aliphatic rings. The zero-order chi connectivity index (χ0) is 19.9. The summed E-state index contributed by atoms with van der Waals surface area (Å²) in [7, 11) is 0. The first-order valence-electron chi connectivity index (χ1n) is 9.32. The van der Waals surface area contributed by atoms with Gasteiger partial charge in [0.1, 0.15) is 5.52 Å². The number of ether oxygens (including phenoxy) is 1. The minimum absolute atomic E-state index is 0.0587. The minimum atomic E-state index is -0.737. The molecule has 2 atom stereocenters. The average molecular weight is 385 g/mol. The van der Waals surface area contributed by atoms with Gasteiger partial charge in [-0.1, -0.05) is 31.9 Å². The number of para-hydroxylation sites is 2. The van der Waals surface area contributed by atoms with Crippen molar-refractivity contribution in [2.75, 3.05) is 6.61 Å². The Hall–Kier alpha value is -3.16. The predicted octanol–water partition coefficient (Wildman–Crippen LogP) is 2.79. The lowest BCUT2D eigenvalue weighted by molar-refractivity contribution is -0.143. The predicted molar refractivity (Wildman–Crippen MR) is 102 cm³/mol. The van der Waals surface area contributed by atoms with E-state index in [1.165, 1.54) is 6.08 Å². The van der Waals surface area contributed by atoms with Crippen LogP contribution in [0.25, 0.3) is 17.2 Å². The van der Waals surface area contributed by atoms with E-state index >= 15 is 0 Å². The van der Waals surface area contributed by atoms with Gasteiger partial charge in [0, 0.05) is 18.2 Å². The molecule has 1 heterocycles. The number of aromatic nitrogens is 1. The summed E-state index contributed by atoms with van der Waals surface area (Å²) >= 11 is 0. The van der Waals surface area contributed by atoms with Crippen molar-refractivity contribution in [1.82, 2.24) is 15.6 Å². The van der Waals surface area contributed by atoms with Crippen molar-refractivity contribution in [3.05, 3.63) is 36.2 Å². The van der Waals surface area contributed by atoms with Crippen molar-refractivity contribution < 1.29 is 23.5 Å². The summed E-state index contributed by atoms with van der Waals surface area (Å²) in [6.45, 7) is 1.53. The van der Waals surface area contributed by atoms with Crippen molar-refractivity contribution in [2.24, 2.45) is 5.92 Å². The number of imide groups is 1. The van der Waals surface area contributed by atoms with Crippen LogP contribution in [0.4, 0.5) is 4.79 Å². The lowest BCUT2D eigenvalue weighted by atomic mass is 9.86. The van der Waals surface area contributed by atoms with Gasteiger partial charge in [-0.15, -0.1) is 0 Å². The zero-order valence-corrected chi connectivity index (χ0v) is 15.6. The maximum Gasteiger partial charge on any atom is 0.331 e. The highest BCUT2D eigenvalue weighted by atomic mass is 16.5. The number of carbonyl (C=O) groups is 3. The van der Waals surface area contributed by atoms with Crippen molar-refractivity contribution >= 4 is 35.1 Å². The Bertz CT molecular complexity index is 856. The summed E-state index contributed by atoms with van der Waals surface area (Å²) in [5.41, 5.74) is 1.28. The molecule has 28 heavy (non-hydrogen) atoms. The van der Waals surface area contributed by atoms with Gasteiger partial charge in [-0.3, -0.25) is 10.1 Å². The fraction of sp³-hybridized carbons (Fsp3) is 0.400. The molecule has 0 aliphatic heterocycles. The third-order valence-corrected chi connectivity index (χ3v) is 4.70. The number of carbonyl (C=O) groups excluding carboxylic acids is 3. The van der Waals surface area contributed by atoms with Gasteiger partial charge in [0.05, 0.1) is 0 Å². The topological polar surface area (TPSA) is 111 Å². The van der Waals surface area contributed by atoms with Crippen LogP contribution in [0, 0.1) is 5.92 Å². The Balaban J connectivity index is 1.41. The van der Waals surface area contributed by atoms with E-state index in [0.717, 1.165) is 31.8 Å². The van der Waals surface area contributed by atoms with Gasteiger partial charge >= 0.3 is 12.0 Å². The number of nitrogens with one attached hydrogen (secondary N) is 2. The molecule has 1 aromatic heterocycles. The second-order valence-electron chi connectivity index (χ2n) is 6.85. The fourth-order valence-electron chi connectivity index (χ4n) is 3.18. The van der Waals surface area contributed by atoms with Crippen LogP contribution >= 0.6 is 0 Å². The number of oxazole rings is 1. The van der Waals surface area contributed by atoms with Gasteiger partial charge in [0.25, 0.3) is 5.91 Å². The Kier molecular flexibility index (Phi) is 6.41. The number of rotatable bonds is 5. The average Bonchev–Trinajstić information content (AvgIpc) is 3.09. The molecule has 8 nitrogen and oxygen atoms in total. The first-order chi connectivity index (χ1) is 13.5. The molecule has 0 saturated heterocycles. The van der Waals surface area contributed by atoms with Gasteiger partial charge in [-0.05, 0) is 30.9 Å². The largest absolute Gasteiger partial charge is 0.452 e. The molecule has 3 rings (SSSR count). The molecule has 148 valence electrons. The molecule has 0 bridgehead atoms. The summed E-state index contributed by atoms with van der Waals surface area (Å²) in [4.78, 5) is 39.6. The highest BCUT2D eigenvalue weighted by Gasteiger charge is 2.23. The maximum absolute atomic E-state index is 11.9. The fourth-order valence-corrected chi connectivity index (χ4v) is 3.18. The monoisotopic (exact) mass is 385 g/mol. The highest BCUT2D eigenvalue weighted by molar-refractivity contribution is 5.96. The molecule has 8 heteroatoms. The van der Waals surface area contributed by atoms with E-state index in [2.05, 4.69) is 22.5 Å². The molecule has 1 aliphatic carbocycles. The van der Waals surface area contributed by atoms with Crippen LogP contribution in [-0.2, 0) is 14.3 Å². The van der Waals surface area contributed by atoms with Gasteiger partial charge in [-0.2, -0.15) is 0 Å². The smallest absolute Gasteiger partial charge is 0.331 e. The van der Waals surface area contributed by atoms with Crippen LogP contribution in [-0.4, -0.2) is 35.5 Å². The summed E-state index contributed by atoms with van der Waals surface area (Å²) < 4.78 is 10.3. The van der Waals surface area contributed by atoms with E-state index in [9.17, 15) is 14.4 Å². The lowest BCUT2D eigenvalue weighted by Gasteiger charge is -2.29. The van der Waals surface area contributed by atoms with Crippen molar-refractivity contribution in [3.8, 4) is 0 Å². The molecule has 3 amide bonds.